The molecule has 1 atom stereocenters. The van der Waals surface area contributed by atoms with E-state index in [9.17, 15) is 22.4 Å². The van der Waals surface area contributed by atoms with Crippen LogP contribution in [0.15, 0.2) is 18.2 Å². The third-order valence-electron chi connectivity index (χ3n) is 7.62. The van der Waals surface area contributed by atoms with Gasteiger partial charge in [0, 0.05) is 38.3 Å². The summed E-state index contributed by atoms with van der Waals surface area (Å²) < 4.78 is 56.4. The fourth-order valence-electron chi connectivity index (χ4n) is 5.43. The van der Waals surface area contributed by atoms with Crippen LogP contribution >= 0.6 is 11.6 Å². The van der Waals surface area contributed by atoms with Gasteiger partial charge < -0.3 is 14.5 Å². The third kappa shape index (κ3) is 5.40. The van der Waals surface area contributed by atoms with Gasteiger partial charge in [-0.15, -0.1) is 0 Å². The van der Waals surface area contributed by atoms with Gasteiger partial charge in [-0.05, 0) is 63.6 Å². The molecule has 1 unspecified atom stereocenters. The molecule has 0 N–H and O–H groups in total. The summed E-state index contributed by atoms with van der Waals surface area (Å²) >= 11 is 6.81. The van der Waals surface area contributed by atoms with E-state index in [1.165, 1.54) is 4.90 Å². The lowest BCUT2D eigenvalue weighted by Crippen LogP contribution is -2.53. The molecule has 3 saturated heterocycles. The van der Waals surface area contributed by atoms with Gasteiger partial charge in [0.2, 0.25) is 0 Å². The van der Waals surface area contributed by atoms with Crippen LogP contribution in [0.3, 0.4) is 0 Å². The first-order chi connectivity index (χ1) is 16.1. The van der Waals surface area contributed by atoms with Gasteiger partial charge in [-0.3, -0.25) is 4.90 Å². The molecule has 0 bridgehead atoms. The van der Waals surface area contributed by atoms with Gasteiger partial charge in [0.25, 0.3) is 0 Å². The van der Waals surface area contributed by atoms with Crippen molar-refractivity contribution in [3.8, 4) is 0 Å². The van der Waals surface area contributed by atoms with E-state index in [-0.39, 0.29) is 5.54 Å². The summed E-state index contributed by atoms with van der Waals surface area (Å²) in [5.41, 5.74) is 1.86. The van der Waals surface area contributed by atoms with Crippen LogP contribution < -0.4 is 4.90 Å². The first-order valence-corrected chi connectivity index (χ1v) is 12.4. The van der Waals surface area contributed by atoms with Crippen molar-refractivity contribution in [3.63, 3.8) is 0 Å². The highest BCUT2D eigenvalue weighted by atomic mass is 35.5. The van der Waals surface area contributed by atoms with Crippen LogP contribution in [0.4, 0.5) is 28.0 Å². The van der Waals surface area contributed by atoms with Crippen molar-refractivity contribution in [1.29, 1.82) is 0 Å². The summed E-state index contributed by atoms with van der Waals surface area (Å²) in [4.78, 5) is 18.2. The van der Waals surface area contributed by atoms with Crippen LogP contribution in [-0.4, -0.2) is 72.6 Å². The third-order valence-corrected chi connectivity index (χ3v) is 8.05. The number of nitrogens with zero attached hydrogens (tertiary/aromatic N) is 3. The van der Waals surface area contributed by atoms with Crippen molar-refractivity contribution in [3.05, 3.63) is 28.8 Å². The molecular weight excluding hydrogens is 474 g/mol. The molecule has 5 nitrogen and oxygen atoms in total. The number of likely N-dealkylation sites (tertiary alicyclic amines) is 2. The van der Waals surface area contributed by atoms with Gasteiger partial charge in [0.1, 0.15) is 6.17 Å². The Kier molecular flexibility index (Phi) is 7.53. The molecule has 3 fully saturated rings. The Morgan fingerprint density at radius 1 is 1.15 bits per heavy atom. The molecule has 190 valence electrons. The lowest BCUT2D eigenvalue weighted by molar-refractivity contribution is -0.200. The van der Waals surface area contributed by atoms with Crippen molar-refractivity contribution in [2.75, 3.05) is 37.6 Å². The summed E-state index contributed by atoms with van der Waals surface area (Å²) in [6, 6.07) is 5.99. The number of piperidine rings is 2. The highest BCUT2D eigenvalue weighted by Crippen LogP contribution is 2.41. The molecule has 10 heteroatoms. The molecule has 3 aliphatic rings. The van der Waals surface area contributed by atoms with Crippen LogP contribution in [0.25, 0.3) is 0 Å². The molecule has 1 aromatic rings. The van der Waals surface area contributed by atoms with E-state index < -0.39 is 24.5 Å². The van der Waals surface area contributed by atoms with Crippen molar-refractivity contribution < 1.29 is 27.1 Å². The molecule has 1 amide bonds. The standard InChI is InChI=1S/C24H32ClF4N3O2/c1-17(24(27,28)29)34-22(33)31-14-9-23(10-15-31)8-3-11-32(23)16-18-4-2-5-20(21(18)25)30-12-6-19(26)7-13-30/h2,4-5,17,19H,3,6-16H2,1H3. The highest BCUT2D eigenvalue weighted by Gasteiger charge is 2.45. The number of rotatable bonds is 4. The Hall–Kier alpha value is -1.74. The smallest absolute Gasteiger partial charge is 0.425 e. The average molecular weight is 506 g/mol. The predicted octanol–water partition coefficient (Wildman–Crippen LogP) is 5.80. The topological polar surface area (TPSA) is 36.0 Å². The molecular formula is C24H32ClF4N3O2. The van der Waals surface area contributed by atoms with Gasteiger partial charge in [-0.25, -0.2) is 9.18 Å². The molecule has 0 aliphatic carbocycles. The molecule has 0 saturated carbocycles. The monoisotopic (exact) mass is 505 g/mol. The summed E-state index contributed by atoms with van der Waals surface area (Å²) in [5, 5.41) is 0.698. The molecule has 1 aromatic carbocycles. The van der Waals surface area contributed by atoms with Gasteiger partial charge in [-0.2, -0.15) is 13.2 Å². The van der Waals surface area contributed by atoms with E-state index in [0.717, 1.165) is 37.6 Å². The van der Waals surface area contributed by atoms with Crippen LogP contribution in [-0.2, 0) is 11.3 Å². The average Bonchev–Trinajstić information content (AvgIpc) is 3.17. The Bertz CT molecular complexity index is 868. The molecule has 0 aromatic heterocycles. The minimum absolute atomic E-state index is 0.0989. The van der Waals surface area contributed by atoms with E-state index in [1.807, 2.05) is 18.2 Å². The maximum Gasteiger partial charge on any atom is 0.425 e. The zero-order valence-electron chi connectivity index (χ0n) is 19.4. The predicted molar refractivity (Wildman–Crippen MR) is 123 cm³/mol. The molecule has 4 rings (SSSR count). The Morgan fingerprint density at radius 2 is 1.82 bits per heavy atom. The van der Waals surface area contributed by atoms with E-state index in [0.29, 0.717) is 63.4 Å². The number of anilines is 1. The highest BCUT2D eigenvalue weighted by molar-refractivity contribution is 6.34. The molecule has 3 heterocycles. The minimum Gasteiger partial charge on any atom is -0.437 e. The van der Waals surface area contributed by atoms with E-state index in [2.05, 4.69) is 14.5 Å². The van der Waals surface area contributed by atoms with Crippen LogP contribution in [0.1, 0.15) is 51.0 Å². The first-order valence-electron chi connectivity index (χ1n) is 12.0. The zero-order chi connectivity index (χ0) is 24.5. The molecule has 0 radical (unpaired) electrons. The summed E-state index contributed by atoms with van der Waals surface area (Å²) in [5.74, 6) is 0. The lowest BCUT2D eigenvalue weighted by Gasteiger charge is -2.45. The SMILES string of the molecule is CC(OC(=O)N1CCC2(CCCN2Cc2cccc(N3CCC(F)CC3)c2Cl)CC1)C(F)(F)F. The van der Waals surface area contributed by atoms with Gasteiger partial charge >= 0.3 is 12.3 Å². The van der Waals surface area contributed by atoms with Gasteiger partial charge in [0.05, 0.1) is 10.7 Å². The van der Waals surface area contributed by atoms with Crippen LogP contribution in [0.5, 0.6) is 0 Å². The molecule has 1 spiro atoms. The van der Waals surface area contributed by atoms with E-state index in [4.69, 9.17) is 11.6 Å². The number of hydrogen-bond donors (Lipinski definition) is 0. The second kappa shape index (κ2) is 10.1. The molecule has 3 aliphatic heterocycles. The van der Waals surface area contributed by atoms with Crippen molar-refractivity contribution in [2.24, 2.45) is 0 Å². The Balaban J connectivity index is 1.39. The fourth-order valence-corrected chi connectivity index (χ4v) is 5.74. The number of amides is 1. The Morgan fingerprint density at radius 3 is 2.47 bits per heavy atom. The van der Waals surface area contributed by atoms with Gasteiger partial charge in [-0.1, -0.05) is 23.7 Å². The second-order valence-electron chi connectivity index (χ2n) is 9.72. The number of carbonyl (C=O) groups excluding carboxylic acids is 1. The van der Waals surface area contributed by atoms with Crippen molar-refractivity contribution in [2.45, 2.75) is 76.0 Å². The maximum atomic E-state index is 13.6. The van der Waals surface area contributed by atoms with Gasteiger partial charge in [0.15, 0.2) is 6.10 Å². The zero-order valence-corrected chi connectivity index (χ0v) is 20.2. The Labute approximate surface area is 203 Å². The number of alkyl halides is 4. The number of carbonyl (C=O) groups is 1. The summed E-state index contributed by atoms with van der Waals surface area (Å²) in [6.07, 6.45) is -3.94. The van der Waals surface area contributed by atoms with Crippen molar-refractivity contribution in [1.82, 2.24) is 9.80 Å². The van der Waals surface area contributed by atoms with E-state index in [1.54, 1.807) is 0 Å². The fraction of sp³-hybridized carbons (Fsp3) is 0.708. The van der Waals surface area contributed by atoms with Crippen LogP contribution in [0, 0.1) is 0 Å². The normalized spacial score (nSPS) is 22.9. The van der Waals surface area contributed by atoms with Crippen LogP contribution in [0.2, 0.25) is 5.02 Å². The number of benzene rings is 1. The number of halogens is 5. The van der Waals surface area contributed by atoms with E-state index >= 15 is 0 Å². The number of ether oxygens (including phenoxy) is 1. The first kappa shape index (κ1) is 25.4. The minimum atomic E-state index is -4.56. The molecule has 34 heavy (non-hydrogen) atoms. The quantitative estimate of drug-likeness (QED) is 0.485. The summed E-state index contributed by atoms with van der Waals surface area (Å²) in [6.45, 7) is 4.45. The second-order valence-corrected chi connectivity index (χ2v) is 10.1. The maximum absolute atomic E-state index is 13.6. The number of hydrogen-bond acceptors (Lipinski definition) is 4. The van der Waals surface area contributed by atoms with Crippen molar-refractivity contribution >= 4 is 23.4 Å². The summed E-state index contributed by atoms with van der Waals surface area (Å²) in [7, 11) is 0. The largest absolute Gasteiger partial charge is 0.437 e. The lowest BCUT2D eigenvalue weighted by atomic mass is 9.85.